The number of aliphatic hydroxyl groups is 2. The van der Waals surface area contributed by atoms with E-state index in [1.54, 1.807) is 19.9 Å². The third-order valence-corrected chi connectivity index (χ3v) is 4.66. The van der Waals surface area contributed by atoms with E-state index >= 15 is 0 Å². The largest absolute Gasteiger partial charge is 0.462 e. The topological polar surface area (TPSA) is 182 Å². The molecular formula is C17H22N6O5. The normalized spacial score (nSPS) is 30.0. The number of nitrogens with zero attached hydrogens (tertiary/aromatic N) is 4. The van der Waals surface area contributed by atoms with Gasteiger partial charge in [-0.05, 0) is 18.1 Å². The highest BCUT2D eigenvalue weighted by Gasteiger charge is 2.57. The quantitative estimate of drug-likeness (QED) is 0.445. The zero-order valence-corrected chi connectivity index (χ0v) is 15.2. The molecule has 0 spiro atoms. The molecule has 0 unspecified atom stereocenters. The maximum atomic E-state index is 12.1. The van der Waals surface area contributed by atoms with Crippen molar-refractivity contribution < 1.29 is 27.2 Å². The zero-order chi connectivity index (χ0) is 22.4. The van der Waals surface area contributed by atoms with E-state index in [0.717, 1.165) is 6.33 Å². The molecule has 150 valence electrons. The molecule has 0 amide bonds. The number of nitriles is 1. The molecule has 2 aromatic rings. The minimum Gasteiger partial charge on any atom is -0.462 e. The Labute approximate surface area is 163 Å². The van der Waals surface area contributed by atoms with Crippen LogP contribution in [0.25, 0.3) is 5.52 Å². The van der Waals surface area contributed by atoms with E-state index in [1.807, 2.05) is 0 Å². The smallest absolute Gasteiger partial charge is 0.323 e. The number of hydrogen-bond acceptors (Lipinski definition) is 10. The predicted octanol–water partition coefficient (Wildman–Crippen LogP) is -1.32. The van der Waals surface area contributed by atoms with Crippen LogP contribution in [-0.4, -0.2) is 61.7 Å². The molecule has 1 aliphatic heterocycles. The molecule has 11 nitrogen and oxygen atoms in total. The Balaban J connectivity index is 1.99. The number of hydrogen-bond donors (Lipinski definition) is 4. The van der Waals surface area contributed by atoms with Gasteiger partial charge in [-0.1, -0.05) is 13.8 Å². The molecule has 1 fully saturated rings. The summed E-state index contributed by atoms with van der Waals surface area (Å²) in [6, 6.07) is 3.54. The lowest BCUT2D eigenvalue weighted by molar-refractivity contribution is -0.153. The summed E-state index contributed by atoms with van der Waals surface area (Å²) in [7, 11) is 0. The molecular weight excluding hydrogens is 368 g/mol. The van der Waals surface area contributed by atoms with Crippen LogP contribution in [0.1, 0.15) is 22.3 Å². The maximum absolute atomic E-state index is 12.1. The van der Waals surface area contributed by atoms with E-state index in [-0.39, 0.29) is 17.4 Å². The van der Waals surface area contributed by atoms with Crippen molar-refractivity contribution in [3.05, 3.63) is 24.2 Å². The van der Waals surface area contributed by atoms with E-state index in [1.165, 1.54) is 16.6 Å². The highest BCUT2D eigenvalue weighted by molar-refractivity contribution is 5.75. The molecule has 3 rings (SSSR count). The number of ether oxygens (including phenoxy) is 2. The minimum atomic E-state index is -2.90. The molecule has 0 saturated carbocycles. The van der Waals surface area contributed by atoms with E-state index in [4.69, 9.17) is 23.7 Å². The lowest BCUT2D eigenvalue weighted by Crippen LogP contribution is -2.41. The summed E-state index contributed by atoms with van der Waals surface area (Å²) < 4.78 is 27.8. The van der Waals surface area contributed by atoms with Gasteiger partial charge >= 0.3 is 5.97 Å². The number of aliphatic hydroxyl groups excluding tert-OH is 2. The fourth-order valence-corrected chi connectivity index (χ4v) is 2.89. The molecule has 1 saturated heterocycles. The summed E-state index contributed by atoms with van der Waals surface area (Å²) in [5.41, 5.74) is 9.55. The first-order chi connectivity index (χ1) is 14.0. The summed E-state index contributed by atoms with van der Waals surface area (Å²) >= 11 is 0. The minimum absolute atomic E-state index is 0.0100. The summed E-state index contributed by atoms with van der Waals surface area (Å²) in [5, 5.41) is 35.0. The summed E-state index contributed by atoms with van der Waals surface area (Å²) in [4.78, 5) is 16.0. The van der Waals surface area contributed by atoms with Crippen molar-refractivity contribution in [2.45, 2.75) is 43.8 Å². The van der Waals surface area contributed by atoms with Crippen LogP contribution in [0, 0.1) is 17.2 Å². The number of nitrogen functional groups attached to an aromatic ring is 1. The molecule has 3 heterocycles. The van der Waals surface area contributed by atoms with Crippen LogP contribution in [0.3, 0.4) is 0 Å². The van der Waals surface area contributed by atoms with Gasteiger partial charge in [0.25, 0.3) is 0 Å². The molecule has 6 N–H and O–H groups in total. The monoisotopic (exact) mass is 392 g/mol. The standard InChI is InChI=1S/C17H22N6O5/c1-8(2)12(19)16(26)27-5-10-13(24)14(25)17(6-18,28-10)11-4-3-9-15(20)21-7-22-23(9)11/h3-4,7-8,10,12-14,24-25H,5,19H2,1-2H3,(H2,20,21,22)/t10-,12+,13-,14-,17+/m1/s1/i5D2. The number of aromatic nitrogens is 3. The Kier molecular flexibility index (Phi) is 4.53. The molecule has 0 radical (unpaired) electrons. The van der Waals surface area contributed by atoms with Crippen molar-refractivity contribution in [2.75, 3.05) is 12.3 Å². The van der Waals surface area contributed by atoms with Gasteiger partial charge in [-0.15, -0.1) is 0 Å². The molecule has 28 heavy (non-hydrogen) atoms. The Morgan fingerprint density at radius 3 is 2.93 bits per heavy atom. The highest BCUT2D eigenvalue weighted by Crippen LogP contribution is 2.40. The van der Waals surface area contributed by atoms with Gasteiger partial charge in [0.2, 0.25) is 5.60 Å². The number of esters is 1. The van der Waals surface area contributed by atoms with E-state index in [2.05, 4.69) is 10.1 Å². The van der Waals surface area contributed by atoms with Gasteiger partial charge in [0, 0.05) is 0 Å². The first kappa shape index (κ1) is 17.3. The summed E-state index contributed by atoms with van der Waals surface area (Å²) in [6.45, 7) is 0.403. The third-order valence-electron chi connectivity index (χ3n) is 4.66. The van der Waals surface area contributed by atoms with Gasteiger partial charge in [0.1, 0.15) is 48.8 Å². The summed E-state index contributed by atoms with van der Waals surface area (Å²) in [5.74, 6) is -1.28. The Morgan fingerprint density at radius 1 is 1.57 bits per heavy atom. The molecule has 1 aliphatic rings. The lowest BCUT2D eigenvalue weighted by Gasteiger charge is -2.24. The zero-order valence-electron chi connectivity index (χ0n) is 17.2. The van der Waals surface area contributed by atoms with Crippen LogP contribution >= 0.6 is 0 Å². The Hall–Kier alpha value is -2.78. The first-order valence-electron chi connectivity index (χ1n) is 9.48. The van der Waals surface area contributed by atoms with Crippen molar-refractivity contribution in [2.24, 2.45) is 11.7 Å². The van der Waals surface area contributed by atoms with Crippen molar-refractivity contribution in [1.29, 1.82) is 5.26 Å². The average molecular weight is 392 g/mol. The van der Waals surface area contributed by atoms with Crippen LogP contribution in [-0.2, 0) is 19.9 Å². The number of anilines is 1. The molecule has 0 bridgehead atoms. The second-order valence-electron chi connectivity index (χ2n) is 6.79. The molecule has 2 aromatic heterocycles. The van der Waals surface area contributed by atoms with E-state index in [9.17, 15) is 20.3 Å². The summed E-state index contributed by atoms with van der Waals surface area (Å²) in [6.07, 6.45) is -4.57. The second kappa shape index (κ2) is 7.33. The number of carbonyl (C=O) groups excluding carboxylic acids is 1. The van der Waals surface area contributed by atoms with Crippen molar-refractivity contribution in [3.8, 4) is 6.07 Å². The van der Waals surface area contributed by atoms with Gasteiger partial charge in [0.15, 0.2) is 5.82 Å². The van der Waals surface area contributed by atoms with E-state index < -0.39 is 42.5 Å². The van der Waals surface area contributed by atoms with Crippen LogP contribution in [0.15, 0.2) is 18.5 Å². The second-order valence-corrected chi connectivity index (χ2v) is 6.79. The fourth-order valence-electron chi connectivity index (χ4n) is 2.89. The van der Waals surface area contributed by atoms with Crippen molar-refractivity contribution in [3.63, 3.8) is 0 Å². The van der Waals surface area contributed by atoms with Crippen LogP contribution in [0.2, 0.25) is 0 Å². The van der Waals surface area contributed by atoms with Gasteiger partial charge in [-0.3, -0.25) is 4.79 Å². The lowest BCUT2D eigenvalue weighted by atomic mass is 9.92. The molecule has 0 aliphatic carbocycles. The Morgan fingerprint density at radius 2 is 2.29 bits per heavy atom. The van der Waals surface area contributed by atoms with Gasteiger partial charge in [0.05, 0.1) is 8.44 Å². The number of rotatable bonds is 5. The van der Waals surface area contributed by atoms with Gasteiger partial charge in [-0.25, -0.2) is 9.50 Å². The van der Waals surface area contributed by atoms with Crippen molar-refractivity contribution in [1.82, 2.24) is 14.6 Å². The maximum Gasteiger partial charge on any atom is 0.323 e. The number of nitrogens with two attached hydrogens (primary N) is 2. The van der Waals surface area contributed by atoms with Gasteiger partial charge in [-0.2, -0.15) is 10.4 Å². The Bertz CT molecular complexity index is 1010. The first-order valence-corrected chi connectivity index (χ1v) is 8.48. The molecule has 0 aromatic carbocycles. The number of carbonyl (C=O) groups is 1. The fraction of sp³-hybridized carbons (Fsp3) is 0.529. The van der Waals surface area contributed by atoms with Crippen LogP contribution < -0.4 is 11.5 Å². The third kappa shape index (κ3) is 3.06. The SMILES string of the molecule is [2H]C([2H])(OC(=O)[C@@H](N)C(C)C)[C@H]1O[C@@](C#N)(c2ccc3c(N)ncnn23)[C@H](O)[C@@H]1O. The van der Waals surface area contributed by atoms with Gasteiger partial charge < -0.3 is 31.2 Å². The molecule has 11 heteroatoms. The predicted molar refractivity (Wildman–Crippen MR) is 95.3 cm³/mol. The number of fused-ring (bicyclic) bond motifs is 1. The average Bonchev–Trinajstić information content (AvgIpc) is 3.23. The highest BCUT2D eigenvalue weighted by atomic mass is 16.6. The van der Waals surface area contributed by atoms with Crippen molar-refractivity contribution >= 4 is 17.3 Å². The molecule has 5 atom stereocenters. The van der Waals surface area contributed by atoms with Crippen LogP contribution in [0.4, 0.5) is 5.82 Å². The van der Waals surface area contributed by atoms with E-state index in [0.29, 0.717) is 5.52 Å². The van der Waals surface area contributed by atoms with Crippen LogP contribution in [0.5, 0.6) is 0 Å².